The summed E-state index contributed by atoms with van der Waals surface area (Å²) in [5.41, 5.74) is 3.41. The Balaban J connectivity index is 1.95. The molecule has 0 aliphatic heterocycles. The number of hydrogen-bond acceptors (Lipinski definition) is 2. The molecule has 0 bridgehead atoms. The van der Waals surface area contributed by atoms with Gasteiger partial charge >= 0.3 is 0 Å². The first-order valence-electron chi connectivity index (χ1n) is 8.09. The summed E-state index contributed by atoms with van der Waals surface area (Å²) in [7, 11) is 0. The van der Waals surface area contributed by atoms with E-state index in [2.05, 4.69) is 40.7 Å². The molecule has 0 spiro atoms. The van der Waals surface area contributed by atoms with E-state index in [4.69, 9.17) is 4.98 Å². The third-order valence-electron chi connectivity index (χ3n) is 4.70. The van der Waals surface area contributed by atoms with Gasteiger partial charge in [-0.1, -0.05) is 31.5 Å². The molecule has 21 heavy (non-hydrogen) atoms. The van der Waals surface area contributed by atoms with Crippen molar-refractivity contribution in [2.24, 2.45) is 5.92 Å². The fourth-order valence-electron chi connectivity index (χ4n) is 3.35. The molecule has 2 aromatic heterocycles. The van der Waals surface area contributed by atoms with Crippen LogP contribution in [-0.4, -0.2) is 14.5 Å². The van der Waals surface area contributed by atoms with Gasteiger partial charge in [-0.2, -0.15) is 0 Å². The zero-order valence-corrected chi connectivity index (χ0v) is 12.5. The maximum atomic E-state index is 4.86. The second-order valence-electron chi connectivity index (χ2n) is 6.19. The standard InChI is InChI=1S/C18H21N3/c1-2-6-17-20-16-11-19-15-10-4-3-9-14(15)18(16)21(17)12-13-7-5-8-13/h3-4,9-11,13H,2,5-8,12H2,1H3. The van der Waals surface area contributed by atoms with E-state index in [9.17, 15) is 0 Å². The van der Waals surface area contributed by atoms with Gasteiger partial charge in [0, 0.05) is 18.4 Å². The normalized spacial score (nSPS) is 15.7. The maximum Gasteiger partial charge on any atom is 0.109 e. The maximum absolute atomic E-state index is 4.86. The van der Waals surface area contributed by atoms with E-state index in [-0.39, 0.29) is 0 Å². The molecule has 0 atom stereocenters. The second kappa shape index (κ2) is 5.14. The van der Waals surface area contributed by atoms with Crippen LogP contribution in [0.2, 0.25) is 0 Å². The summed E-state index contributed by atoms with van der Waals surface area (Å²) in [4.78, 5) is 9.43. The molecule has 3 nitrogen and oxygen atoms in total. The number of nitrogens with zero attached hydrogens (tertiary/aromatic N) is 3. The number of para-hydroxylation sites is 1. The van der Waals surface area contributed by atoms with Crippen LogP contribution in [0, 0.1) is 5.92 Å². The van der Waals surface area contributed by atoms with E-state index in [0.717, 1.165) is 36.3 Å². The van der Waals surface area contributed by atoms with Crippen molar-refractivity contribution in [1.29, 1.82) is 0 Å². The average molecular weight is 279 g/mol. The molecule has 1 fully saturated rings. The van der Waals surface area contributed by atoms with E-state index < -0.39 is 0 Å². The second-order valence-corrected chi connectivity index (χ2v) is 6.19. The van der Waals surface area contributed by atoms with Gasteiger partial charge in [0.1, 0.15) is 11.3 Å². The largest absolute Gasteiger partial charge is 0.327 e. The highest BCUT2D eigenvalue weighted by molar-refractivity contribution is 6.02. The summed E-state index contributed by atoms with van der Waals surface area (Å²) in [6.07, 6.45) is 8.26. The van der Waals surface area contributed by atoms with Crippen molar-refractivity contribution in [1.82, 2.24) is 14.5 Å². The number of hydrogen-bond donors (Lipinski definition) is 0. The number of aromatic nitrogens is 3. The molecule has 0 radical (unpaired) electrons. The SMILES string of the molecule is CCCc1nc2cnc3ccccc3c2n1CC1CCC1. The zero-order chi connectivity index (χ0) is 14.2. The lowest BCUT2D eigenvalue weighted by molar-refractivity contribution is 0.276. The summed E-state index contributed by atoms with van der Waals surface area (Å²) >= 11 is 0. The zero-order valence-electron chi connectivity index (χ0n) is 12.5. The molecule has 0 unspecified atom stereocenters. The first-order valence-corrected chi connectivity index (χ1v) is 8.09. The third-order valence-corrected chi connectivity index (χ3v) is 4.70. The molecule has 2 heterocycles. The van der Waals surface area contributed by atoms with Crippen molar-refractivity contribution >= 4 is 21.9 Å². The van der Waals surface area contributed by atoms with Crippen LogP contribution in [0.4, 0.5) is 0 Å². The Morgan fingerprint density at radius 2 is 2.05 bits per heavy atom. The summed E-state index contributed by atoms with van der Waals surface area (Å²) in [6, 6.07) is 8.43. The number of aryl methyl sites for hydroxylation is 1. The number of fused-ring (bicyclic) bond motifs is 3. The highest BCUT2D eigenvalue weighted by atomic mass is 15.1. The number of rotatable bonds is 4. The number of pyridine rings is 1. The van der Waals surface area contributed by atoms with Gasteiger partial charge in [-0.15, -0.1) is 0 Å². The van der Waals surface area contributed by atoms with Gasteiger partial charge in [-0.3, -0.25) is 4.98 Å². The highest BCUT2D eigenvalue weighted by Gasteiger charge is 2.21. The van der Waals surface area contributed by atoms with E-state index in [0.29, 0.717) is 0 Å². The highest BCUT2D eigenvalue weighted by Crippen LogP contribution is 2.32. The van der Waals surface area contributed by atoms with Gasteiger partial charge in [0.15, 0.2) is 0 Å². The Kier molecular flexibility index (Phi) is 3.13. The van der Waals surface area contributed by atoms with E-state index in [1.54, 1.807) is 0 Å². The van der Waals surface area contributed by atoms with Gasteiger partial charge in [-0.25, -0.2) is 4.98 Å². The first-order chi connectivity index (χ1) is 10.4. The summed E-state index contributed by atoms with van der Waals surface area (Å²) in [5, 5.41) is 1.24. The van der Waals surface area contributed by atoms with Gasteiger partial charge in [-0.05, 0) is 31.2 Å². The lowest BCUT2D eigenvalue weighted by atomic mass is 9.85. The fourth-order valence-corrected chi connectivity index (χ4v) is 3.35. The minimum Gasteiger partial charge on any atom is -0.327 e. The Morgan fingerprint density at radius 3 is 2.81 bits per heavy atom. The minimum absolute atomic E-state index is 0.838. The lowest BCUT2D eigenvalue weighted by Crippen LogP contribution is -2.19. The quantitative estimate of drug-likeness (QED) is 0.711. The van der Waals surface area contributed by atoms with Crippen LogP contribution >= 0.6 is 0 Å². The van der Waals surface area contributed by atoms with Crippen LogP contribution in [0.25, 0.3) is 21.9 Å². The predicted octanol–water partition coefficient (Wildman–Crippen LogP) is 4.34. The third kappa shape index (κ3) is 2.11. The average Bonchev–Trinajstić information content (AvgIpc) is 2.81. The van der Waals surface area contributed by atoms with Crippen molar-refractivity contribution in [3.8, 4) is 0 Å². The van der Waals surface area contributed by atoms with Crippen LogP contribution < -0.4 is 0 Å². The van der Waals surface area contributed by atoms with Crippen molar-refractivity contribution in [2.45, 2.75) is 45.6 Å². The fraction of sp³-hybridized carbons (Fsp3) is 0.444. The predicted molar refractivity (Wildman–Crippen MR) is 86.4 cm³/mol. The van der Waals surface area contributed by atoms with Crippen molar-refractivity contribution in [2.75, 3.05) is 0 Å². The molecule has 4 rings (SSSR count). The molecule has 1 saturated carbocycles. The molecule has 108 valence electrons. The summed E-state index contributed by atoms with van der Waals surface area (Å²) < 4.78 is 2.48. The molecular weight excluding hydrogens is 258 g/mol. The Hall–Kier alpha value is -1.90. The summed E-state index contributed by atoms with van der Waals surface area (Å²) in [5.74, 6) is 2.07. The van der Waals surface area contributed by atoms with Gasteiger partial charge in [0.25, 0.3) is 0 Å². The van der Waals surface area contributed by atoms with Crippen LogP contribution in [-0.2, 0) is 13.0 Å². The number of benzene rings is 1. The molecule has 0 saturated heterocycles. The molecule has 1 aromatic carbocycles. The van der Waals surface area contributed by atoms with Crippen molar-refractivity contribution < 1.29 is 0 Å². The van der Waals surface area contributed by atoms with Crippen LogP contribution in [0.5, 0.6) is 0 Å². The number of imidazole rings is 1. The Bertz CT molecular complexity index is 784. The smallest absolute Gasteiger partial charge is 0.109 e. The monoisotopic (exact) mass is 279 g/mol. The van der Waals surface area contributed by atoms with Gasteiger partial charge in [0.2, 0.25) is 0 Å². The van der Waals surface area contributed by atoms with E-state index in [1.807, 2.05) is 6.20 Å². The van der Waals surface area contributed by atoms with Crippen LogP contribution in [0.15, 0.2) is 30.5 Å². The molecular formula is C18H21N3. The molecule has 3 heteroatoms. The Morgan fingerprint density at radius 1 is 1.19 bits per heavy atom. The molecule has 0 N–H and O–H groups in total. The van der Waals surface area contributed by atoms with Crippen molar-refractivity contribution in [3.05, 3.63) is 36.3 Å². The lowest BCUT2D eigenvalue weighted by Gasteiger charge is -2.26. The molecule has 3 aromatic rings. The van der Waals surface area contributed by atoms with Crippen LogP contribution in [0.3, 0.4) is 0 Å². The van der Waals surface area contributed by atoms with Gasteiger partial charge in [0.05, 0.1) is 17.2 Å². The minimum atomic E-state index is 0.838. The molecule has 1 aliphatic rings. The van der Waals surface area contributed by atoms with E-state index in [1.165, 1.54) is 36.0 Å². The van der Waals surface area contributed by atoms with E-state index >= 15 is 0 Å². The molecule has 0 amide bonds. The van der Waals surface area contributed by atoms with Crippen LogP contribution in [0.1, 0.15) is 38.4 Å². The topological polar surface area (TPSA) is 30.7 Å². The Labute approximate surface area is 125 Å². The van der Waals surface area contributed by atoms with Crippen molar-refractivity contribution in [3.63, 3.8) is 0 Å². The van der Waals surface area contributed by atoms with Gasteiger partial charge < -0.3 is 4.57 Å². The first kappa shape index (κ1) is 12.8. The molecule has 1 aliphatic carbocycles. The summed E-state index contributed by atoms with van der Waals surface area (Å²) in [6.45, 7) is 3.35.